The van der Waals surface area contributed by atoms with Crippen molar-refractivity contribution in [3.63, 3.8) is 0 Å². The Hall–Kier alpha value is -2.85. The SMILES string of the molecule is N#Cc1ccc(N2CC(NC(=O)CCC(=O)N3CCC3)CC(C(F)(F)P)C2)c2cccnc12. The van der Waals surface area contributed by atoms with E-state index in [-0.39, 0.29) is 37.6 Å². The van der Waals surface area contributed by atoms with Crippen LogP contribution in [0.2, 0.25) is 0 Å². The molecule has 0 aliphatic carbocycles. The van der Waals surface area contributed by atoms with Gasteiger partial charge in [0.2, 0.25) is 11.8 Å². The fraction of sp³-hybridized carbons (Fsp3) is 0.478. The van der Waals surface area contributed by atoms with Crippen LogP contribution in [-0.4, -0.2) is 59.6 Å². The smallest absolute Gasteiger partial charge is 0.263 e. The van der Waals surface area contributed by atoms with E-state index in [1.807, 2.05) is 11.0 Å². The molecule has 0 bridgehead atoms. The van der Waals surface area contributed by atoms with Gasteiger partial charge in [0.05, 0.1) is 11.1 Å². The number of benzene rings is 1. The maximum atomic E-state index is 14.3. The summed E-state index contributed by atoms with van der Waals surface area (Å²) in [6.45, 7) is 1.91. The Kier molecular flexibility index (Phi) is 6.76. The molecule has 2 aliphatic heterocycles. The van der Waals surface area contributed by atoms with Gasteiger partial charge in [0.1, 0.15) is 6.07 Å². The summed E-state index contributed by atoms with van der Waals surface area (Å²) in [5.41, 5.74) is -1.38. The quantitative estimate of drug-likeness (QED) is 0.652. The standard InChI is InChI=1S/C23H26F2N5O2P/c24-23(25,33)16-11-17(28-20(31)6-7-21(32)29-9-2-10-29)14-30(13-16)19-5-4-15(12-26)22-18(19)3-1-8-27-22/h1,3-5,8,16-17H,2,6-7,9-11,13-14,33H2,(H,28,31). The van der Waals surface area contributed by atoms with Crippen molar-refractivity contribution in [2.45, 2.75) is 37.4 Å². The summed E-state index contributed by atoms with van der Waals surface area (Å²) in [5.74, 6) is -1.35. The van der Waals surface area contributed by atoms with Crippen LogP contribution in [0, 0.1) is 17.2 Å². The Morgan fingerprint density at radius 2 is 2.03 bits per heavy atom. The van der Waals surface area contributed by atoms with E-state index >= 15 is 0 Å². The number of aromatic nitrogens is 1. The Labute approximate surface area is 193 Å². The fourth-order valence-corrected chi connectivity index (χ4v) is 4.69. The molecule has 2 fully saturated rings. The second kappa shape index (κ2) is 9.56. The zero-order valence-electron chi connectivity index (χ0n) is 18.1. The van der Waals surface area contributed by atoms with Crippen LogP contribution in [-0.2, 0) is 9.59 Å². The highest BCUT2D eigenvalue weighted by Crippen LogP contribution is 2.40. The first-order valence-corrected chi connectivity index (χ1v) is 11.6. The lowest BCUT2D eigenvalue weighted by Gasteiger charge is -2.41. The number of halogens is 2. The van der Waals surface area contributed by atoms with Crippen molar-refractivity contribution in [3.05, 3.63) is 36.0 Å². The topological polar surface area (TPSA) is 89.3 Å². The van der Waals surface area contributed by atoms with Crippen LogP contribution in [0.1, 0.15) is 31.2 Å². The van der Waals surface area contributed by atoms with Crippen molar-refractivity contribution in [2.24, 2.45) is 5.92 Å². The third kappa shape index (κ3) is 5.22. The molecule has 2 aliphatic rings. The van der Waals surface area contributed by atoms with Crippen LogP contribution in [0.3, 0.4) is 0 Å². The largest absolute Gasteiger partial charge is 0.368 e. The van der Waals surface area contributed by atoms with Gasteiger partial charge >= 0.3 is 0 Å². The number of piperidine rings is 1. The molecule has 1 N–H and O–H groups in total. The van der Waals surface area contributed by atoms with Crippen molar-refractivity contribution in [3.8, 4) is 6.07 Å². The van der Waals surface area contributed by atoms with E-state index in [9.17, 15) is 23.6 Å². The Morgan fingerprint density at radius 1 is 1.24 bits per heavy atom. The van der Waals surface area contributed by atoms with E-state index in [4.69, 9.17) is 0 Å². The molecule has 2 saturated heterocycles. The molecule has 33 heavy (non-hydrogen) atoms. The number of anilines is 1. The Morgan fingerprint density at radius 3 is 2.70 bits per heavy atom. The van der Waals surface area contributed by atoms with Gasteiger partial charge in [-0.1, -0.05) is 9.24 Å². The van der Waals surface area contributed by atoms with Gasteiger partial charge in [-0.3, -0.25) is 14.6 Å². The fourth-order valence-electron chi connectivity index (χ4n) is 4.45. The van der Waals surface area contributed by atoms with E-state index in [2.05, 4.69) is 16.4 Å². The summed E-state index contributed by atoms with van der Waals surface area (Å²) in [6.07, 6.45) is 2.87. The first-order valence-electron chi connectivity index (χ1n) is 11.0. The molecule has 3 atom stereocenters. The average Bonchev–Trinajstić information content (AvgIpc) is 2.75. The number of nitriles is 1. The zero-order chi connectivity index (χ0) is 23.6. The molecule has 1 aromatic carbocycles. The maximum Gasteiger partial charge on any atom is 0.263 e. The zero-order valence-corrected chi connectivity index (χ0v) is 19.3. The van der Waals surface area contributed by atoms with E-state index < -0.39 is 17.6 Å². The number of amides is 2. The number of alkyl halides is 2. The molecule has 4 rings (SSSR count). The molecule has 3 heterocycles. The number of hydrogen-bond donors (Lipinski definition) is 1. The summed E-state index contributed by atoms with van der Waals surface area (Å²) >= 11 is 0. The number of nitrogens with one attached hydrogen (secondary N) is 1. The average molecular weight is 473 g/mol. The number of carbonyl (C=O) groups is 2. The van der Waals surface area contributed by atoms with Crippen molar-refractivity contribution >= 4 is 37.6 Å². The molecule has 1 aromatic heterocycles. The molecule has 0 saturated carbocycles. The molecule has 174 valence electrons. The highest BCUT2D eigenvalue weighted by Gasteiger charge is 2.41. The number of nitrogens with zero attached hydrogens (tertiary/aromatic N) is 4. The molecule has 2 amide bonds. The van der Waals surface area contributed by atoms with E-state index in [0.717, 1.165) is 19.5 Å². The van der Waals surface area contributed by atoms with E-state index in [0.29, 0.717) is 28.7 Å². The first kappa shape index (κ1) is 23.3. The highest BCUT2D eigenvalue weighted by molar-refractivity contribution is 7.18. The van der Waals surface area contributed by atoms with Crippen molar-refractivity contribution in [1.82, 2.24) is 15.2 Å². The van der Waals surface area contributed by atoms with Crippen LogP contribution in [0.15, 0.2) is 30.5 Å². The monoisotopic (exact) mass is 473 g/mol. The molecule has 3 unspecified atom stereocenters. The maximum absolute atomic E-state index is 14.3. The second-order valence-corrected chi connectivity index (χ2v) is 9.42. The van der Waals surface area contributed by atoms with Gasteiger partial charge < -0.3 is 15.1 Å². The Balaban J connectivity index is 1.52. The lowest BCUT2D eigenvalue weighted by molar-refractivity contribution is -0.136. The minimum absolute atomic E-state index is 0.0392. The van der Waals surface area contributed by atoms with Crippen LogP contribution in [0.4, 0.5) is 14.5 Å². The van der Waals surface area contributed by atoms with Crippen LogP contribution in [0.5, 0.6) is 0 Å². The molecule has 2 aromatic rings. The summed E-state index contributed by atoms with van der Waals surface area (Å²) in [4.78, 5) is 32.4. The summed E-state index contributed by atoms with van der Waals surface area (Å²) in [7, 11) is 1.62. The lowest BCUT2D eigenvalue weighted by atomic mass is 9.92. The van der Waals surface area contributed by atoms with Crippen molar-refractivity contribution < 1.29 is 18.4 Å². The minimum Gasteiger partial charge on any atom is -0.368 e. The van der Waals surface area contributed by atoms with Gasteiger partial charge in [0, 0.05) is 68.3 Å². The number of likely N-dealkylation sites (tertiary alicyclic amines) is 1. The van der Waals surface area contributed by atoms with Gasteiger partial charge in [-0.05, 0) is 37.1 Å². The minimum atomic E-state index is -3.00. The summed E-state index contributed by atoms with van der Waals surface area (Å²) in [6, 6.07) is 8.56. The predicted octanol–water partition coefficient (Wildman–Crippen LogP) is 2.90. The summed E-state index contributed by atoms with van der Waals surface area (Å²) in [5, 5.41) is 13.0. The molecule has 0 radical (unpaired) electrons. The van der Waals surface area contributed by atoms with Crippen LogP contribution < -0.4 is 10.2 Å². The molecular formula is C23H26F2N5O2P. The van der Waals surface area contributed by atoms with Crippen molar-refractivity contribution in [2.75, 3.05) is 31.1 Å². The van der Waals surface area contributed by atoms with Gasteiger partial charge in [0.15, 0.2) is 0 Å². The predicted molar refractivity (Wildman–Crippen MR) is 124 cm³/mol. The number of carbonyl (C=O) groups excluding carboxylic acids is 2. The number of rotatable bonds is 6. The van der Waals surface area contributed by atoms with Gasteiger partial charge in [0.25, 0.3) is 5.66 Å². The van der Waals surface area contributed by atoms with Gasteiger partial charge in [-0.15, -0.1) is 0 Å². The van der Waals surface area contributed by atoms with Gasteiger partial charge in [-0.2, -0.15) is 5.26 Å². The normalized spacial score (nSPS) is 20.8. The number of fused-ring (bicyclic) bond motifs is 1. The van der Waals surface area contributed by atoms with Gasteiger partial charge in [-0.25, -0.2) is 8.78 Å². The highest BCUT2D eigenvalue weighted by atomic mass is 31.0. The van der Waals surface area contributed by atoms with Crippen molar-refractivity contribution in [1.29, 1.82) is 5.26 Å². The Bertz CT molecular complexity index is 1100. The molecule has 7 nitrogen and oxygen atoms in total. The number of pyridine rings is 1. The third-order valence-electron chi connectivity index (χ3n) is 6.34. The lowest BCUT2D eigenvalue weighted by Crippen LogP contribution is -2.53. The second-order valence-electron chi connectivity index (χ2n) is 8.65. The van der Waals surface area contributed by atoms with Crippen LogP contribution in [0.25, 0.3) is 10.9 Å². The molecule has 0 spiro atoms. The van der Waals surface area contributed by atoms with E-state index in [1.54, 1.807) is 38.5 Å². The molecule has 10 heteroatoms. The van der Waals surface area contributed by atoms with Crippen LogP contribution >= 0.6 is 9.24 Å². The summed E-state index contributed by atoms with van der Waals surface area (Å²) < 4.78 is 28.7. The van der Waals surface area contributed by atoms with E-state index in [1.165, 1.54) is 0 Å². The molecular weight excluding hydrogens is 447 g/mol. The third-order valence-corrected chi connectivity index (χ3v) is 6.81. The number of hydrogen-bond acceptors (Lipinski definition) is 5. The first-order chi connectivity index (χ1) is 15.8.